The fourth-order valence-corrected chi connectivity index (χ4v) is 3.89. The molecule has 0 saturated heterocycles. The van der Waals surface area contributed by atoms with Gasteiger partial charge < -0.3 is 10.6 Å². The van der Waals surface area contributed by atoms with Crippen LogP contribution >= 0.6 is 35.4 Å². The number of thiocarbonyl (C=S) groups is 1. The van der Waals surface area contributed by atoms with Crippen LogP contribution in [0.2, 0.25) is 10.0 Å². The second-order valence-corrected chi connectivity index (χ2v) is 8.32. The van der Waals surface area contributed by atoms with E-state index in [9.17, 15) is 0 Å². The van der Waals surface area contributed by atoms with E-state index in [1.165, 1.54) is 19.3 Å². The van der Waals surface area contributed by atoms with Crippen molar-refractivity contribution in [1.82, 2.24) is 15.3 Å². The van der Waals surface area contributed by atoms with Gasteiger partial charge in [0.1, 0.15) is 0 Å². The number of guanidine groups is 1. The van der Waals surface area contributed by atoms with Crippen molar-refractivity contribution in [1.29, 1.82) is 0 Å². The Morgan fingerprint density at radius 2 is 1.72 bits per heavy atom. The van der Waals surface area contributed by atoms with E-state index in [0.717, 1.165) is 24.2 Å². The maximum atomic E-state index is 6.23. The third-order valence-corrected chi connectivity index (χ3v) is 5.26. The van der Waals surface area contributed by atoms with Crippen LogP contribution in [0.1, 0.15) is 43.5 Å². The van der Waals surface area contributed by atoms with E-state index in [1.807, 2.05) is 19.9 Å². The van der Waals surface area contributed by atoms with Gasteiger partial charge in [-0.15, -0.1) is 0 Å². The van der Waals surface area contributed by atoms with Gasteiger partial charge in [0.25, 0.3) is 0 Å². The normalized spacial score (nSPS) is 15.1. The first-order valence-corrected chi connectivity index (χ1v) is 10.8. The quantitative estimate of drug-likeness (QED) is 0.326. The second-order valence-electron chi connectivity index (χ2n) is 7.07. The van der Waals surface area contributed by atoms with E-state index in [1.54, 1.807) is 18.2 Å². The number of nitrogens with one attached hydrogen (secondary N) is 3. The number of aryl methyl sites for hydroxylation is 2. The zero-order valence-electron chi connectivity index (χ0n) is 16.4. The van der Waals surface area contributed by atoms with Gasteiger partial charge in [-0.05, 0) is 63.2 Å². The molecule has 1 saturated carbocycles. The van der Waals surface area contributed by atoms with Gasteiger partial charge in [-0.25, -0.2) is 15.0 Å². The number of nitrogens with zero attached hydrogens (tertiary/aromatic N) is 3. The fraction of sp³-hybridized carbons (Fsp3) is 0.400. The highest BCUT2D eigenvalue weighted by Crippen LogP contribution is 2.25. The molecule has 1 fully saturated rings. The van der Waals surface area contributed by atoms with E-state index in [2.05, 4.69) is 25.9 Å². The molecule has 2 aromatic rings. The highest BCUT2D eigenvalue weighted by atomic mass is 35.5. The minimum Gasteiger partial charge on any atom is -0.331 e. The van der Waals surface area contributed by atoms with Crippen LogP contribution in [0.25, 0.3) is 0 Å². The molecule has 1 heterocycles. The minimum absolute atomic E-state index is 0.242. The Balaban J connectivity index is 1.76. The van der Waals surface area contributed by atoms with Crippen molar-refractivity contribution < 1.29 is 0 Å². The highest BCUT2D eigenvalue weighted by molar-refractivity contribution is 7.80. The van der Waals surface area contributed by atoms with Crippen molar-refractivity contribution in [3.05, 3.63) is 45.7 Å². The average molecular weight is 451 g/mol. The first-order chi connectivity index (χ1) is 13.9. The molecular weight excluding hydrogens is 427 g/mol. The number of anilines is 2. The molecule has 154 valence electrons. The van der Waals surface area contributed by atoms with Gasteiger partial charge in [0.15, 0.2) is 5.11 Å². The van der Waals surface area contributed by atoms with Crippen molar-refractivity contribution >= 4 is 58.1 Å². The molecule has 3 rings (SSSR count). The summed E-state index contributed by atoms with van der Waals surface area (Å²) in [6.07, 6.45) is 5.75. The summed E-state index contributed by atoms with van der Waals surface area (Å²) < 4.78 is 0. The first-order valence-electron chi connectivity index (χ1n) is 9.59. The largest absolute Gasteiger partial charge is 0.331 e. The van der Waals surface area contributed by atoms with Crippen LogP contribution in [-0.4, -0.2) is 27.1 Å². The number of aromatic nitrogens is 2. The van der Waals surface area contributed by atoms with E-state index in [-0.39, 0.29) is 6.04 Å². The summed E-state index contributed by atoms with van der Waals surface area (Å²) in [6, 6.07) is 7.35. The SMILES string of the molecule is Cc1cc(C)nc(NC(=NC2CCCCC2)NC(=S)Nc2ccc(Cl)cc2Cl)n1. The van der Waals surface area contributed by atoms with E-state index >= 15 is 0 Å². The molecule has 29 heavy (non-hydrogen) atoms. The third-order valence-electron chi connectivity index (χ3n) is 4.51. The van der Waals surface area contributed by atoms with Crippen molar-refractivity contribution in [2.45, 2.75) is 52.0 Å². The lowest BCUT2D eigenvalue weighted by Gasteiger charge is -2.21. The minimum atomic E-state index is 0.242. The Bertz CT molecular complexity index is 892. The zero-order valence-corrected chi connectivity index (χ0v) is 18.8. The van der Waals surface area contributed by atoms with Crippen LogP contribution in [0.5, 0.6) is 0 Å². The molecule has 1 aromatic carbocycles. The molecule has 3 N–H and O–H groups in total. The summed E-state index contributed by atoms with van der Waals surface area (Å²) >= 11 is 17.7. The van der Waals surface area contributed by atoms with Crippen LogP contribution in [0.15, 0.2) is 29.3 Å². The number of hydrogen-bond acceptors (Lipinski definition) is 4. The summed E-state index contributed by atoms with van der Waals surface area (Å²) in [5.41, 5.74) is 2.42. The van der Waals surface area contributed by atoms with Crippen LogP contribution in [0.4, 0.5) is 11.6 Å². The standard InChI is InChI=1S/C20H24Cl2N6S/c1-12-10-13(2)24-18(23-12)27-19(25-15-6-4-3-5-7-15)28-20(29)26-17-9-8-14(21)11-16(17)22/h8-11,15H,3-7H2,1-2H3,(H3,23,24,25,26,27,28,29). The van der Waals surface area contributed by atoms with Crippen molar-refractivity contribution in [2.75, 3.05) is 10.6 Å². The molecule has 0 unspecified atom stereocenters. The van der Waals surface area contributed by atoms with Crippen molar-refractivity contribution in [2.24, 2.45) is 4.99 Å². The number of rotatable bonds is 3. The number of aliphatic imine (C=N–C) groups is 1. The van der Waals surface area contributed by atoms with Gasteiger partial charge in [-0.3, -0.25) is 5.32 Å². The molecule has 0 spiro atoms. The zero-order chi connectivity index (χ0) is 20.8. The van der Waals surface area contributed by atoms with Gasteiger partial charge in [-0.2, -0.15) is 0 Å². The maximum absolute atomic E-state index is 6.23. The first kappa shape index (κ1) is 21.7. The summed E-state index contributed by atoms with van der Waals surface area (Å²) in [5.74, 6) is 1.00. The van der Waals surface area contributed by atoms with Gasteiger partial charge in [0.05, 0.1) is 16.8 Å². The Hall–Kier alpha value is -1.96. The smallest absolute Gasteiger partial charge is 0.229 e. The highest BCUT2D eigenvalue weighted by Gasteiger charge is 2.15. The fourth-order valence-electron chi connectivity index (χ4n) is 3.23. The van der Waals surface area contributed by atoms with Gasteiger partial charge in [0.2, 0.25) is 11.9 Å². The molecule has 0 radical (unpaired) electrons. The molecule has 0 bridgehead atoms. The second kappa shape index (κ2) is 10.2. The van der Waals surface area contributed by atoms with Crippen molar-refractivity contribution in [3.63, 3.8) is 0 Å². The third kappa shape index (κ3) is 6.80. The number of benzene rings is 1. The lowest BCUT2D eigenvalue weighted by atomic mass is 9.96. The predicted octanol–water partition coefficient (Wildman–Crippen LogP) is 5.49. The van der Waals surface area contributed by atoms with Crippen LogP contribution < -0.4 is 16.0 Å². The molecule has 1 aromatic heterocycles. The summed E-state index contributed by atoms with van der Waals surface area (Å²) in [4.78, 5) is 13.7. The monoisotopic (exact) mass is 450 g/mol. The molecule has 0 atom stereocenters. The van der Waals surface area contributed by atoms with E-state index in [4.69, 9.17) is 40.4 Å². The summed E-state index contributed by atoms with van der Waals surface area (Å²) in [6.45, 7) is 3.86. The molecule has 0 aliphatic heterocycles. The lowest BCUT2D eigenvalue weighted by Crippen LogP contribution is -2.40. The van der Waals surface area contributed by atoms with Crippen LogP contribution in [0.3, 0.4) is 0 Å². The Morgan fingerprint density at radius 1 is 1.03 bits per heavy atom. The Labute approximate surface area is 186 Å². The number of halogens is 2. The molecule has 6 nitrogen and oxygen atoms in total. The molecular formula is C20H24Cl2N6S. The molecule has 1 aliphatic rings. The van der Waals surface area contributed by atoms with E-state index in [0.29, 0.717) is 32.8 Å². The van der Waals surface area contributed by atoms with E-state index < -0.39 is 0 Å². The lowest BCUT2D eigenvalue weighted by molar-refractivity contribution is 0.443. The Kier molecular flexibility index (Phi) is 7.64. The molecule has 9 heteroatoms. The summed E-state index contributed by atoms with van der Waals surface area (Å²) in [5, 5.41) is 10.8. The van der Waals surface area contributed by atoms with Crippen LogP contribution in [0, 0.1) is 13.8 Å². The van der Waals surface area contributed by atoms with Gasteiger partial charge in [0, 0.05) is 16.4 Å². The molecule has 1 aliphatic carbocycles. The average Bonchev–Trinajstić information content (AvgIpc) is 2.64. The maximum Gasteiger partial charge on any atom is 0.229 e. The van der Waals surface area contributed by atoms with Crippen LogP contribution in [-0.2, 0) is 0 Å². The molecule has 0 amide bonds. The van der Waals surface area contributed by atoms with Crippen molar-refractivity contribution in [3.8, 4) is 0 Å². The predicted molar refractivity (Wildman–Crippen MR) is 125 cm³/mol. The van der Waals surface area contributed by atoms with Gasteiger partial charge >= 0.3 is 0 Å². The Morgan fingerprint density at radius 3 is 2.38 bits per heavy atom. The topological polar surface area (TPSA) is 74.2 Å². The van der Waals surface area contributed by atoms with Gasteiger partial charge in [-0.1, -0.05) is 42.5 Å². The number of hydrogen-bond donors (Lipinski definition) is 3. The summed E-state index contributed by atoms with van der Waals surface area (Å²) in [7, 11) is 0.